The molecule has 1 aromatic rings. The lowest BCUT2D eigenvalue weighted by Gasteiger charge is -2.15. The summed E-state index contributed by atoms with van der Waals surface area (Å²) >= 11 is 0. The molecule has 1 aliphatic carbocycles. The van der Waals surface area contributed by atoms with Crippen LogP contribution < -0.4 is 4.74 Å². The van der Waals surface area contributed by atoms with E-state index in [0.717, 1.165) is 30.6 Å². The van der Waals surface area contributed by atoms with Crippen molar-refractivity contribution in [3.8, 4) is 5.75 Å². The minimum atomic E-state index is -0.719. The molecule has 0 bridgehead atoms. The molecule has 2 rings (SSSR count). The van der Waals surface area contributed by atoms with E-state index in [2.05, 4.69) is 13.0 Å². The molecule has 0 unspecified atom stereocenters. The lowest BCUT2D eigenvalue weighted by molar-refractivity contribution is -0.137. The third-order valence-electron chi connectivity index (χ3n) is 3.57. The summed E-state index contributed by atoms with van der Waals surface area (Å²) in [4.78, 5) is 10.9. The lowest BCUT2D eigenvalue weighted by Crippen LogP contribution is -2.13. The first-order chi connectivity index (χ1) is 8.09. The van der Waals surface area contributed by atoms with Crippen molar-refractivity contribution in [2.75, 3.05) is 7.11 Å². The van der Waals surface area contributed by atoms with Crippen molar-refractivity contribution < 1.29 is 14.6 Å². The number of hydrogen-bond donors (Lipinski definition) is 1. The molecule has 1 N–H and O–H groups in total. The number of methoxy groups -OCH3 is 1. The van der Waals surface area contributed by atoms with Crippen LogP contribution in [0.1, 0.15) is 37.3 Å². The van der Waals surface area contributed by atoms with Gasteiger partial charge in [0.25, 0.3) is 0 Å². The molecule has 1 fully saturated rings. The van der Waals surface area contributed by atoms with E-state index in [1.807, 2.05) is 12.1 Å². The van der Waals surface area contributed by atoms with Gasteiger partial charge in [-0.15, -0.1) is 0 Å². The van der Waals surface area contributed by atoms with E-state index >= 15 is 0 Å². The summed E-state index contributed by atoms with van der Waals surface area (Å²) < 4.78 is 5.28. The highest BCUT2D eigenvalue weighted by atomic mass is 16.5. The van der Waals surface area contributed by atoms with Gasteiger partial charge in [-0.25, -0.2) is 0 Å². The molecule has 92 valence electrons. The molecule has 1 aliphatic rings. The molecule has 17 heavy (non-hydrogen) atoms. The molecule has 3 nitrogen and oxygen atoms in total. The number of carbonyl (C=O) groups is 1. The van der Waals surface area contributed by atoms with Crippen molar-refractivity contribution in [1.29, 1.82) is 0 Å². The Hall–Kier alpha value is -1.51. The highest BCUT2D eigenvalue weighted by molar-refractivity contribution is 5.70. The van der Waals surface area contributed by atoms with Crippen LogP contribution in [-0.4, -0.2) is 18.2 Å². The van der Waals surface area contributed by atoms with E-state index in [-0.39, 0.29) is 11.8 Å². The maximum atomic E-state index is 10.9. The molecule has 0 saturated heterocycles. The number of ether oxygens (including phenoxy) is 1. The van der Waals surface area contributed by atoms with E-state index in [1.165, 1.54) is 5.56 Å². The van der Waals surface area contributed by atoms with Gasteiger partial charge in [-0.05, 0) is 42.5 Å². The van der Waals surface area contributed by atoms with Gasteiger partial charge in [-0.1, -0.05) is 13.0 Å². The SMILES string of the molecule is CCc1cc(OC)cc(C2(CC(=O)O)CC2)c1. The summed E-state index contributed by atoms with van der Waals surface area (Å²) in [5.41, 5.74) is 2.19. The van der Waals surface area contributed by atoms with Crippen molar-refractivity contribution in [3.63, 3.8) is 0 Å². The van der Waals surface area contributed by atoms with Crippen molar-refractivity contribution in [1.82, 2.24) is 0 Å². The predicted molar refractivity (Wildman–Crippen MR) is 65.5 cm³/mol. The molecule has 1 aromatic carbocycles. The maximum absolute atomic E-state index is 10.9. The number of rotatable bonds is 5. The Morgan fingerprint density at radius 2 is 2.12 bits per heavy atom. The smallest absolute Gasteiger partial charge is 0.304 e. The molecule has 1 saturated carbocycles. The van der Waals surface area contributed by atoms with E-state index in [9.17, 15) is 4.79 Å². The quantitative estimate of drug-likeness (QED) is 0.852. The normalized spacial score (nSPS) is 16.6. The topological polar surface area (TPSA) is 46.5 Å². The average Bonchev–Trinajstić information content (AvgIpc) is 3.08. The van der Waals surface area contributed by atoms with Crippen molar-refractivity contribution in [2.24, 2.45) is 0 Å². The average molecular weight is 234 g/mol. The zero-order valence-electron chi connectivity index (χ0n) is 10.3. The molecule has 0 heterocycles. The molecule has 0 radical (unpaired) electrons. The van der Waals surface area contributed by atoms with Crippen LogP contribution in [0.2, 0.25) is 0 Å². The standard InChI is InChI=1S/C14H18O3/c1-3-10-6-11(8-12(7-10)17-2)14(4-5-14)9-13(15)16/h6-8H,3-5,9H2,1-2H3,(H,15,16). The molecule has 0 aromatic heterocycles. The summed E-state index contributed by atoms with van der Waals surface area (Å²) in [6, 6.07) is 6.12. The van der Waals surface area contributed by atoms with Gasteiger partial charge < -0.3 is 9.84 Å². The van der Waals surface area contributed by atoms with Gasteiger partial charge in [0.05, 0.1) is 13.5 Å². The highest BCUT2D eigenvalue weighted by Gasteiger charge is 2.46. The summed E-state index contributed by atoms with van der Waals surface area (Å²) in [7, 11) is 1.65. The minimum absolute atomic E-state index is 0.135. The maximum Gasteiger partial charge on any atom is 0.304 e. The fraction of sp³-hybridized carbons (Fsp3) is 0.500. The highest BCUT2D eigenvalue weighted by Crippen LogP contribution is 2.51. The Morgan fingerprint density at radius 3 is 2.59 bits per heavy atom. The van der Waals surface area contributed by atoms with Crippen LogP contribution >= 0.6 is 0 Å². The van der Waals surface area contributed by atoms with Gasteiger partial charge in [-0.2, -0.15) is 0 Å². The third-order valence-corrected chi connectivity index (χ3v) is 3.57. The third kappa shape index (κ3) is 2.43. The largest absolute Gasteiger partial charge is 0.497 e. The zero-order chi connectivity index (χ0) is 12.5. The van der Waals surface area contributed by atoms with Crippen LogP contribution in [0.3, 0.4) is 0 Å². The molecule has 0 amide bonds. The Kier molecular flexibility index (Phi) is 3.09. The van der Waals surface area contributed by atoms with Gasteiger partial charge in [0, 0.05) is 5.41 Å². The lowest BCUT2D eigenvalue weighted by atomic mass is 9.90. The van der Waals surface area contributed by atoms with Gasteiger partial charge in [0.1, 0.15) is 5.75 Å². The minimum Gasteiger partial charge on any atom is -0.497 e. The predicted octanol–water partition coefficient (Wildman–Crippen LogP) is 2.76. The van der Waals surface area contributed by atoms with Crippen molar-refractivity contribution in [2.45, 2.75) is 38.0 Å². The Morgan fingerprint density at radius 1 is 1.41 bits per heavy atom. The van der Waals surface area contributed by atoms with Crippen molar-refractivity contribution >= 4 is 5.97 Å². The van der Waals surface area contributed by atoms with Crippen LogP contribution in [0.4, 0.5) is 0 Å². The molecular weight excluding hydrogens is 216 g/mol. The molecule has 0 atom stereocenters. The summed E-state index contributed by atoms with van der Waals surface area (Å²) in [5, 5.41) is 8.97. The van der Waals surface area contributed by atoms with E-state index < -0.39 is 5.97 Å². The second-order valence-electron chi connectivity index (χ2n) is 4.77. The number of carboxylic acid groups (broad SMARTS) is 1. The number of aryl methyl sites for hydroxylation is 1. The number of hydrogen-bond acceptors (Lipinski definition) is 2. The Labute approximate surface area is 101 Å². The molecule has 3 heteroatoms. The molecule has 0 aliphatic heterocycles. The van der Waals surface area contributed by atoms with Crippen LogP contribution in [0.15, 0.2) is 18.2 Å². The van der Waals surface area contributed by atoms with Gasteiger partial charge in [0.2, 0.25) is 0 Å². The van der Waals surface area contributed by atoms with Crippen LogP contribution in [0.5, 0.6) is 5.75 Å². The fourth-order valence-electron chi connectivity index (χ4n) is 2.30. The first-order valence-corrected chi connectivity index (χ1v) is 6.00. The zero-order valence-corrected chi connectivity index (χ0v) is 10.3. The van der Waals surface area contributed by atoms with Crippen LogP contribution in [0, 0.1) is 0 Å². The van der Waals surface area contributed by atoms with Crippen molar-refractivity contribution in [3.05, 3.63) is 29.3 Å². The molecular formula is C14H18O3. The number of carboxylic acids is 1. The van der Waals surface area contributed by atoms with Gasteiger partial charge in [0.15, 0.2) is 0 Å². The first kappa shape index (κ1) is 12.0. The summed E-state index contributed by atoms with van der Waals surface area (Å²) in [6.07, 6.45) is 3.10. The van der Waals surface area contributed by atoms with E-state index in [1.54, 1.807) is 7.11 Å². The second kappa shape index (κ2) is 4.40. The summed E-state index contributed by atoms with van der Waals surface area (Å²) in [6.45, 7) is 2.09. The molecule has 0 spiro atoms. The Balaban J connectivity index is 2.34. The van der Waals surface area contributed by atoms with E-state index in [4.69, 9.17) is 9.84 Å². The first-order valence-electron chi connectivity index (χ1n) is 6.00. The monoisotopic (exact) mass is 234 g/mol. The number of benzene rings is 1. The number of aliphatic carboxylic acids is 1. The van der Waals surface area contributed by atoms with Crippen LogP contribution in [-0.2, 0) is 16.6 Å². The van der Waals surface area contributed by atoms with Crippen LogP contribution in [0.25, 0.3) is 0 Å². The fourth-order valence-corrected chi connectivity index (χ4v) is 2.30. The Bertz CT molecular complexity index is 411. The van der Waals surface area contributed by atoms with E-state index in [0.29, 0.717) is 0 Å². The summed E-state index contributed by atoms with van der Waals surface area (Å²) in [5.74, 6) is 0.111. The second-order valence-corrected chi connectivity index (χ2v) is 4.77. The van der Waals surface area contributed by atoms with Gasteiger partial charge in [-0.3, -0.25) is 4.79 Å². The van der Waals surface area contributed by atoms with Gasteiger partial charge >= 0.3 is 5.97 Å².